The zero-order chi connectivity index (χ0) is 17.5. The topological polar surface area (TPSA) is 88.0 Å². The van der Waals surface area contributed by atoms with Crippen molar-refractivity contribution >= 4 is 17.6 Å². The number of carbonyl (C=O) groups is 2. The fraction of sp³-hybridized carbons (Fsp3) is 0.353. The quantitative estimate of drug-likeness (QED) is 0.709. The predicted octanol–water partition coefficient (Wildman–Crippen LogP) is 2.07. The summed E-state index contributed by atoms with van der Waals surface area (Å²) in [6.07, 6.45) is 4.51. The van der Waals surface area contributed by atoms with Crippen molar-refractivity contribution in [1.29, 1.82) is 0 Å². The van der Waals surface area contributed by atoms with E-state index in [1.54, 1.807) is 31.4 Å². The number of carbonyl (C=O) groups excluding carboxylic acids is 2. The Morgan fingerprint density at radius 1 is 1.25 bits per heavy atom. The summed E-state index contributed by atoms with van der Waals surface area (Å²) in [5.74, 6) is 0.815. The van der Waals surface area contributed by atoms with E-state index in [4.69, 9.17) is 0 Å². The summed E-state index contributed by atoms with van der Waals surface area (Å²) in [5.41, 5.74) is 2.09. The molecular formula is C17H23N5O2. The highest BCUT2D eigenvalue weighted by molar-refractivity contribution is 5.96. The maximum absolute atomic E-state index is 11.9. The van der Waals surface area contributed by atoms with Crippen LogP contribution in [0.25, 0.3) is 0 Å². The van der Waals surface area contributed by atoms with E-state index >= 15 is 0 Å². The number of urea groups is 1. The minimum absolute atomic E-state index is 0.149. The maximum atomic E-state index is 11.9. The summed E-state index contributed by atoms with van der Waals surface area (Å²) in [5, 5.41) is 8.20. The van der Waals surface area contributed by atoms with E-state index in [1.807, 2.05) is 24.6 Å². The molecule has 0 fully saturated rings. The van der Waals surface area contributed by atoms with Crippen LogP contribution in [0.5, 0.6) is 0 Å². The summed E-state index contributed by atoms with van der Waals surface area (Å²) in [6.45, 7) is 5.18. The van der Waals surface area contributed by atoms with Gasteiger partial charge in [-0.05, 0) is 44.0 Å². The fourth-order valence-electron chi connectivity index (χ4n) is 2.35. The Balaban J connectivity index is 1.80. The standard InChI is InChI=1S/C17H23N5O2/c1-12-11-14(16(23)18-3)5-6-15(12)21-17(24)20-7-4-9-22-10-8-19-13(22)2/h5-6,8,10-11H,4,7,9H2,1-3H3,(H,18,23)(H2,20,21,24). The van der Waals surface area contributed by atoms with Crippen LogP contribution >= 0.6 is 0 Å². The lowest BCUT2D eigenvalue weighted by molar-refractivity contribution is 0.0963. The summed E-state index contributed by atoms with van der Waals surface area (Å²) < 4.78 is 2.04. The number of imidazole rings is 1. The molecule has 0 aliphatic rings. The summed E-state index contributed by atoms with van der Waals surface area (Å²) >= 11 is 0. The van der Waals surface area contributed by atoms with Crippen molar-refractivity contribution in [2.24, 2.45) is 0 Å². The van der Waals surface area contributed by atoms with Crippen molar-refractivity contribution in [2.75, 3.05) is 18.9 Å². The van der Waals surface area contributed by atoms with Gasteiger partial charge in [0.1, 0.15) is 5.82 Å². The Morgan fingerprint density at radius 2 is 2.04 bits per heavy atom. The number of benzene rings is 1. The van der Waals surface area contributed by atoms with Gasteiger partial charge < -0.3 is 20.5 Å². The van der Waals surface area contributed by atoms with Crippen molar-refractivity contribution < 1.29 is 9.59 Å². The molecule has 7 nitrogen and oxygen atoms in total. The molecular weight excluding hydrogens is 306 g/mol. The highest BCUT2D eigenvalue weighted by Crippen LogP contribution is 2.16. The van der Waals surface area contributed by atoms with Gasteiger partial charge in [0.15, 0.2) is 0 Å². The van der Waals surface area contributed by atoms with E-state index in [1.165, 1.54) is 0 Å². The Kier molecular flexibility index (Phi) is 5.95. The maximum Gasteiger partial charge on any atom is 0.319 e. The second kappa shape index (κ2) is 8.14. The highest BCUT2D eigenvalue weighted by Gasteiger charge is 2.08. The van der Waals surface area contributed by atoms with Crippen molar-refractivity contribution in [3.05, 3.63) is 47.5 Å². The van der Waals surface area contributed by atoms with Crippen LogP contribution in [0.4, 0.5) is 10.5 Å². The van der Waals surface area contributed by atoms with Crippen LogP contribution in [0.3, 0.4) is 0 Å². The lowest BCUT2D eigenvalue weighted by Crippen LogP contribution is -2.30. The molecule has 1 heterocycles. The highest BCUT2D eigenvalue weighted by atomic mass is 16.2. The zero-order valence-corrected chi connectivity index (χ0v) is 14.2. The van der Waals surface area contributed by atoms with E-state index in [-0.39, 0.29) is 11.9 Å². The molecule has 0 aliphatic carbocycles. The van der Waals surface area contributed by atoms with Crippen LogP contribution in [0, 0.1) is 13.8 Å². The molecule has 24 heavy (non-hydrogen) atoms. The number of hydrogen-bond donors (Lipinski definition) is 3. The smallest absolute Gasteiger partial charge is 0.319 e. The summed E-state index contributed by atoms with van der Waals surface area (Å²) in [4.78, 5) is 27.7. The Bertz CT molecular complexity index is 724. The molecule has 0 spiro atoms. The monoisotopic (exact) mass is 329 g/mol. The first-order valence-electron chi connectivity index (χ1n) is 7.86. The van der Waals surface area contributed by atoms with E-state index in [0.717, 1.165) is 24.4 Å². The van der Waals surface area contributed by atoms with E-state index in [0.29, 0.717) is 17.8 Å². The van der Waals surface area contributed by atoms with Gasteiger partial charge in [0.2, 0.25) is 0 Å². The van der Waals surface area contributed by atoms with Gasteiger partial charge >= 0.3 is 6.03 Å². The predicted molar refractivity (Wildman–Crippen MR) is 93.2 cm³/mol. The van der Waals surface area contributed by atoms with E-state index < -0.39 is 0 Å². The first-order valence-corrected chi connectivity index (χ1v) is 7.86. The van der Waals surface area contributed by atoms with Crippen molar-refractivity contribution in [2.45, 2.75) is 26.8 Å². The second-order valence-electron chi connectivity index (χ2n) is 5.51. The molecule has 2 rings (SSSR count). The minimum Gasteiger partial charge on any atom is -0.355 e. The van der Waals surface area contributed by atoms with Crippen molar-refractivity contribution in [1.82, 2.24) is 20.2 Å². The molecule has 0 unspecified atom stereocenters. The zero-order valence-electron chi connectivity index (χ0n) is 14.2. The van der Waals surface area contributed by atoms with Crippen LogP contribution in [0.15, 0.2) is 30.6 Å². The molecule has 1 aromatic carbocycles. The molecule has 0 saturated carbocycles. The molecule has 3 amide bonds. The third-order valence-electron chi connectivity index (χ3n) is 3.75. The first kappa shape index (κ1) is 17.5. The fourth-order valence-corrected chi connectivity index (χ4v) is 2.35. The van der Waals surface area contributed by atoms with Crippen LogP contribution in [-0.2, 0) is 6.54 Å². The van der Waals surface area contributed by atoms with Gasteiger partial charge in [0.25, 0.3) is 5.91 Å². The average Bonchev–Trinajstić information content (AvgIpc) is 2.98. The number of nitrogens with zero attached hydrogens (tertiary/aromatic N) is 2. The molecule has 2 aromatic rings. The molecule has 0 aliphatic heterocycles. The minimum atomic E-state index is -0.256. The van der Waals surface area contributed by atoms with Crippen LogP contribution in [-0.4, -0.2) is 35.1 Å². The number of nitrogens with one attached hydrogen (secondary N) is 3. The third kappa shape index (κ3) is 4.58. The molecule has 7 heteroatoms. The summed E-state index contributed by atoms with van der Waals surface area (Å²) in [6, 6.07) is 4.90. The van der Waals surface area contributed by atoms with E-state index in [9.17, 15) is 9.59 Å². The molecule has 0 bridgehead atoms. The Labute approximate surface area is 141 Å². The number of anilines is 1. The normalized spacial score (nSPS) is 10.3. The van der Waals surface area contributed by atoms with Crippen LogP contribution in [0.2, 0.25) is 0 Å². The van der Waals surface area contributed by atoms with Crippen LogP contribution < -0.4 is 16.0 Å². The Morgan fingerprint density at radius 3 is 2.67 bits per heavy atom. The number of aromatic nitrogens is 2. The molecule has 0 radical (unpaired) electrons. The average molecular weight is 329 g/mol. The van der Waals surface area contributed by atoms with E-state index in [2.05, 4.69) is 20.9 Å². The first-order chi connectivity index (χ1) is 11.5. The molecule has 1 aromatic heterocycles. The van der Waals surface area contributed by atoms with Gasteiger partial charge in [0.05, 0.1) is 0 Å². The number of amides is 3. The molecule has 0 atom stereocenters. The van der Waals surface area contributed by atoms with Gasteiger partial charge in [-0.25, -0.2) is 9.78 Å². The second-order valence-corrected chi connectivity index (χ2v) is 5.51. The SMILES string of the molecule is CNC(=O)c1ccc(NC(=O)NCCCn2ccnc2C)c(C)c1. The number of aryl methyl sites for hydroxylation is 3. The number of rotatable bonds is 6. The van der Waals surface area contributed by atoms with Crippen LogP contribution in [0.1, 0.15) is 28.2 Å². The largest absolute Gasteiger partial charge is 0.355 e. The van der Waals surface area contributed by atoms with Gasteiger partial charge in [-0.2, -0.15) is 0 Å². The third-order valence-corrected chi connectivity index (χ3v) is 3.75. The Hall–Kier alpha value is -2.83. The molecule has 128 valence electrons. The molecule has 3 N–H and O–H groups in total. The number of hydrogen-bond acceptors (Lipinski definition) is 3. The van der Waals surface area contributed by atoms with Crippen molar-refractivity contribution in [3.8, 4) is 0 Å². The van der Waals surface area contributed by atoms with Gasteiger partial charge in [-0.1, -0.05) is 0 Å². The van der Waals surface area contributed by atoms with Gasteiger partial charge in [-0.15, -0.1) is 0 Å². The molecule has 0 saturated heterocycles. The lowest BCUT2D eigenvalue weighted by atomic mass is 10.1. The lowest BCUT2D eigenvalue weighted by Gasteiger charge is -2.11. The van der Waals surface area contributed by atoms with Gasteiger partial charge in [0, 0.05) is 43.8 Å². The van der Waals surface area contributed by atoms with Gasteiger partial charge in [-0.3, -0.25) is 4.79 Å². The summed E-state index contributed by atoms with van der Waals surface area (Å²) in [7, 11) is 1.59. The van der Waals surface area contributed by atoms with Crippen molar-refractivity contribution in [3.63, 3.8) is 0 Å².